The average molecular weight is 174 g/mol. The number of hydrogen-bond donors (Lipinski definition) is 1. The Hall–Kier alpha value is -1.77. The second kappa shape index (κ2) is 2.94. The normalized spacial score (nSPS) is 10.2. The highest BCUT2D eigenvalue weighted by Crippen LogP contribution is 2.18. The molecule has 0 aliphatic heterocycles. The lowest BCUT2D eigenvalue weighted by atomic mass is 10.2. The topological polar surface area (TPSA) is 38.0 Å². The van der Waals surface area contributed by atoms with Crippen LogP contribution >= 0.6 is 0 Å². The third-order valence-electron chi connectivity index (χ3n) is 1.96. The molecule has 0 unspecified atom stereocenters. The van der Waals surface area contributed by atoms with Gasteiger partial charge in [0.1, 0.15) is 5.75 Å². The molecule has 3 heteroatoms. The van der Waals surface area contributed by atoms with Crippen LogP contribution in [-0.2, 0) is 0 Å². The number of benzene rings is 1. The van der Waals surface area contributed by atoms with Crippen LogP contribution in [0, 0.1) is 6.92 Å². The molecule has 1 heterocycles. The molecule has 0 bridgehead atoms. The van der Waals surface area contributed by atoms with E-state index in [0.717, 1.165) is 11.3 Å². The maximum Gasteiger partial charge on any atom is 0.115 e. The molecule has 66 valence electrons. The molecule has 0 spiro atoms. The minimum Gasteiger partial charge on any atom is -0.508 e. The van der Waals surface area contributed by atoms with Gasteiger partial charge >= 0.3 is 0 Å². The van der Waals surface area contributed by atoms with Crippen molar-refractivity contribution in [2.24, 2.45) is 0 Å². The van der Waals surface area contributed by atoms with Crippen LogP contribution in [0.1, 0.15) is 5.56 Å². The second-order valence-corrected chi connectivity index (χ2v) is 2.94. The summed E-state index contributed by atoms with van der Waals surface area (Å²) in [6, 6.07) is 5.27. The predicted octanol–water partition coefficient (Wildman–Crippen LogP) is 1.89. The largest absolute Gasteiger partial charge is 0.508 e. The van der Waals surface area contributed by atoms with Gasteiger partial charge in [0.25, 0.3) is 0 Å². The highest BCUT2D eigenvalue weighted by molar-refractivity contribution is 5.44. The molecule has 0 amide bonds. The Morgan fingerprint density at radius 1 is 1.38 bits per heavy atom. The van der Waals surface area contributed by atoms with E-state index in [1.54, 1.807) is 24.7 Å². The van der Waals surface area contributed by atoms with Gasteiger partial charge in [0.05, 0.1) is 6.33 Å². The fourth-order valence-electron chi connectivity index (χ4n) is 1.33. The van der Waals surface area contributed by atoms with Gasteiger partial charge in [-0.2, -0.15) is 0 Å². The molecular weight excluding hydrogens is 164 g/mol. The first-order valence-electron chi connectivity index (χ1n) is 4.05. The quantitative estimate of drug-likeness (QED) is 0.716. The number of phenols is 1. The van der Waals surface area contributed by atoms with Crippen molar-refractivity contribution >= 4 is 0 Å². The molecule has 1 aromatic carbocycles. The van der Waals surface area contributed by atoms with E-state index in [1.807, 2.05) is 23.8 Å². The molecule has 13 heavy (non-hydrogen) atoms. The predicted molar refractivity (Wildman–Crippen MR) is 50.0 cm³/mol. The Morgan fingerprint density at radius 3 is 2.85 bits per heavy atom. The van der Waals surface area contributed by atoms with E-state index in [2.05, 4.69) is 4.98 Å². The maximum absolute atomic E-state index is 9.21. The summed E-state index contributed by atoms with van der Waals surface area (Å²) in [6.45, 7) is 1.95. The van der Waals surface area contributed by atoms with Crippen molar-refractivity contribution in [3.05, 3.63) is 42.5 Å². The van der Waals surface area contributed by atoms with Crippen LogP contribution < -0.4 is 0 Å². The number of hydrogen-bond acceptors (Lipinski definition) is 2. The van der Waals surface area contributed by atoms with Gasteiger partial charge in [0.15, 0.2) is 0 Å². The van der Waals surface area contributed by atoms with Gasteiger partial charge in [-0.05, 0) is 30.7 Å². The van der Waals surface area contributed by atoms with Crippen molar-refractivity contribution in [3.63, 3.8) is 0 Å². The van der Waals surface area contributed by atoms with E-state index in [9.17, 15) is 5.11 Å². The Morgan fingerprint density at radius 2 is 2.23 bits per heavy atom. The molecule has 0 atom stereocenters. The van der Waals surface area contributed by atoms with Crippen LogP contribution in [0.4, 0.5) is 0 Å². The maximum atomic E-state index is 9.21. The number of nitrogens with zero attached hydrogens (tertiary/aromatic N) is 2. The van der Waals surface area contributed by atoms with Crippen molar-refractivity contribution in [3.8, 4) is 11.4 Å². The van der Waals surface area contributed by atoms with Gasteiger partial charge in [0, 0.05) is 18.1 Å². The van der Waals surface area contributed by atoms with E-state index in [-0.39, 0.29) is 0 Å². The minimum absolute atomic E-state index is 0.293. The molecule has 2 aromatic rings. The third-order valence-corrected chi connectivity index (χ3v) is 1.96. The summed E-state index contributed by atoms with van der Waals surface area (Å²) in [5, 5.41) is 9.21. The number of imidazole rings is 1. The van der Waals surface area contributed by atoms with E-state index in [4.69, 9.17) is 0 Å². The van der Waals surface area contributed by atoms with Crippen LogP contribution in [-0.4, -0.2) is 14.7 Å². The lowest BCUT2D eigenvalue weighted by Gasteiger charge is -2.05. The molecule has 0 saturated carbocycles. The molecular formula is C10H10N2O. The number of aromatic nitrogens is 2. The Balaban J connectivity index is 2.53. The van der Waals surface area contributed by atoms with Crippen LogP contribution in [0.2, 0.25) is 0 Å². The number of phenolic OH excluding ortho intramolecular Hbond substituents is 1. The van der Waals surface area contributed by atoms with E-state index in [1.165, 1.54) is 0 Å². The zero-order valence-electron chi connectivity index (χ0n) is 7.31. The van der Waals surface area contributed by atoms with Crippen molar-refractivity contribution < 1.29 is 5.11 Å². The van der Waals surface area contributed by atoms with Crippen LogP contribution in [0.25, 0.3) is 5.69 Å². The molecule has 0 radical (unpaired) electrons. The third kappa shape index (κ3) is 1.40. The molecule has 2 rings (SSSR count). The molecule has 3 nitrogen and oxygen atoms in total. The molecule has 0 fully saturated rings. The molecule has 0 aliphatic rings. The number of aryl methyl sites for hydroxylation is 1. The van der Waals surface area contributed by atoms with E-state index in [0.29, 0.717) is 5.75 Å². The summed E-state index contributed by atoms with van der Waals surface area (Å²) < 4.78 is 1.91. The van der Waals surface area contributed by atoms with Gasteiger partial charge in [-0.1, -0.05) is 0 Å². The van der Waals surface area contributed by atoms with Crippen molar-refractivity contribution in [1.82, 2.24) is 9.55 Å². The highest BCUT2D eigenvalue weighted by atomic mass is 16.3. The minimum atomic E-state index is 0.293. The summed E-state index contributed by atoms with van der Waals surface area (Å²) in [7, 11) is 0. The first kappa shape index (κ1) is 7.86. The molecule has 1 N–H and O–H groups in total. The molecule has 0 aliphatic carbocycles. The summed E-state index contributed by atoms with van der Waals surface area (Å²) in [5.41, 5.74) is 2.06. The summed E-state index contributed by atoms with van der Waals surface area (Å²) in [5.74, 6) is 0.293. The van der Waals surface area contributed by atoms with E-state index >= 15 is 0 Å². The molecule has 1 aromatic heterocycles. The Labute approximate surface area is 76.3 Å². The lowest BCUT2D eigenvalue weighted by molar-refractivity contribution is 0.475. The average Bonchev–Trinajstić information content (AvgIpc) is 2.56. The second-order valence-electron chi connectivity index (χ2n) is 2.94. The summed E-state index contributed by atoms with van der Waals surface area (Å²) >= 11 is 0. The smallest absolute Gasteiger partial charge is 0.115 e. The van der Waals surface area contributed by atoms with Crippen molar-refractivity contribution in [2.75, 3.05) is 0 Å². The zero-order chi connectivity index (χ0) is 9.26. The standard InChI is InChI=1S/C10H10N2O/c1-8-6-9(13)2-3-10(8)12-5-4-11-7-12/h2-7,13H,1H3. The Bertz CT molecular complexity index is 407. The first-order valence-corrected chi connectivity index (χ1v) is 4.05. The summed E-state index contributed by atoms with van der Waals surface area (Å²) in [6.07, 6.45) is 5.34. The monoisotopic (exact) mass is 174 g/mol. The fourth-order valence-corrected chi connectivity index (χ4v) is 1.33. The number of aromatic hydroxyl groups is 1. The van der Waals surface area contributed by atoms with Crippen LogP contribution in [0.15, 0.2) is 36.9 Å². The van der Waals surface area contributed by atoms with Crippen molar-refractivity contribution in [2.45, 2.75) is 6.92 Å². The fraction of sp³-hybridized carbons (Fsp3) is 0.100. The SMILES string of the molecule is Cc1cc(O)ccc1-n1ccnc1. The van der Waals surface area contributed by atoms with Gasteiger partial charge in [-0.15, -0.1) is 0 Å². The van der Waals surface area contributed by atoms with Gasteiger partial charge in [0.2, 0.25) is 0 Å². The lowest BCUT2D eigenvalue weighted by Crippen LogP contribution is -1.92. The highest BCUT2D eigenvalue weighted by Gasteiger charge is 2.00. The van der Waals surface area contributed by atoms with Gasteiger partial charge in [-0.25, -0.2) is 4.98 Å². The zero-order valence-corrected chi connectivity index (χ0v) is 7.31. The Kier molecular flexibility index (Phi) is 1.77. The van der Waals surface area contributed by atoms with Gasteiger partial charge < -0.3 is 9.67 Å². The molecule has 0 saturated heterocycles. The first-order chi connectivity index (χ1) is 6.27. The van der Waals surface area contributed by atoms with E-state index < -0.39 is 0 Å². The van der Waals surface area contributed by atoms with Crippen LogP contribution in [0.3, 0.4) is 0 Å². The summed E-state index contributed by atoms with van der Waals surface area (Å²) in [4.78, 5) is 3.96. The van der Waals surface area contributed by atoms with Crippen LogP contribution in [0.5, 0.6) is 5.75 Å². The number of rotatable bonds is 1. The van der Waals surface area contributed by atoms with Crippen molar-refractivity contribution in [1.29, 1.82) is 0 Å². The van der Waals surface area contributed by atoms with Gasteiger partial charge in [-0.3, -0.25) is 0 Å².